The summed E-state index contributed by atoms with van der Waals surface area (Å²) in [6, 6.07) is 15.7. The molecule has 158 valence electrons. The maximum absolute atomic E-state index is 13.3. The number of carbonyl (C=O) groups excluding carboxylic acids is 1. The second kappa shape index (κ2) is 8.22. The molecule has 0 spiro atoms. The van der Waals surface area contributed by atoms with Crippen LogP contribution in [-0.4, -0.2) is 20.0 Å². The highest BCUT2D eigenvalue weighted by atomic mass is 16.2. The third-order valence-corrected chi connectivity index (χ3v) is 5.50. The Kier molecular flexibility index (Phi) is 5.46. The van der Waals surface area contributed by atoms with Gasteiger partial charge in [0.2, 0.25) is 5.91 Å². The van der Waals surface area contributed by atoms with E-state index in [9.17, 15) is 9.59 Å². The zero-order valence-electron chi connectivity index (χ0n) is 18.2. The fourth-order valence-electron chi connectivity index (χ4n) is 3.86. The smallest absolute Gasteiger partial charge is 0.278 e. The lowest BCUT2D eigenvalue weighted by Gasteiger charge is -2.13. The number of hydrogen-bond donors (Lipinski definition) is 1. The first-order valence-corrected chi connectivity index (χ1v) is 10.4. The fourth-order valence-corrected chi connectivity index (χ4v) is 3.86. The molecule has 0 atom stereocenters. The molecule has 0 fully saturated rings. The van der Waals surface area contributed by atoms with E-state index in [1.165, 1.54) is 0 Å². The second-order valence-electron chi connectivity index (χ2n) is 8.10. The van der Waals surface area contributed by atoms with Crippen molar-refractivity contribution in [3.63, 3.8) is 0 Å². The second-order valence-corrected chi connectivity index (χ2v) is 8.10. The number of hydrogen-bond acceptors (Lipinski definition) is 3. The molecular formula is C25H26N4O2. The molecule has 6 heteroatoms. The van der Waals surface area contributed by atoms with Gasteiger partial charge in [-0.3, -0.25) is 14.2 Å². The van der Waals surface area contributed by atoms with E-state index in [4.69, 9.17) is 0 Å². The maximum atomic E-state index is 13.3. The van der Waals surface area contributed by atoms with Crippen LogP contribution in [0.15, 0.2) is 65.8 Å². The van der Waals surface area contributed by atoms with Crippen molar-refractivity contribution in [3.8, 4) is 11.1 Å². The van der Waals surface area contributed by atoms with Crippen molar-refractivity contribution in [1.29, 1.82) is 0 Å². The van der Waals surface area contributed by atoms with E-state index in [0.717, 1.165) is 27.9 Å². The number of fused-ring (bicyclic) bond motifs is 1. The van der Waals surface area contributed by atoms with E-state index >= 15 is 0 Å². The predicted molar refractivity (Wildman–Crippen MR) is 124 cm³/mol. The quantitative estimate of drug-likeness (QED) is 0.515. The van der Waals surface area contributed by atoms with E-state index < -0.39 is 0 Å². The predicted octanol–water partition coefficient (Wildman–Crippen LogP) is 4.70. The zero-order valence-corrected chi connectivity index (χ0v) is 18.2. The van der Waals surface area contributed by atoms with Crippen LogP contribution in [0.3, 0.4) is 0 Å². The van der Waals surface area contributed by atoms with Crippen LogP contribution in [0.5, 0.6) is 0 Å². The highest BCUT2D eigenvalue weighted by Gasteiger charge is 2.19. The minimum Gasteiger partial charge on any atom is -0.332 e. The summed E-state index contributed by atoms with van der Waals surface area (Å²) in [5.41, 5.74) is 5.49. The molecule has 0 aliphatic heterocycles. The van der Waals surface area contributed by atoms with Gasteiger partial charge in [-0.1, -0.05) is 48.5 Å². The number of para-hydroxylation sites is 1. The fraction of sp³-hybridized carbons (Fsp3) is 0.240. The van der Waals surface area contributed by atoms with Gasteiger partial charge in [-0.15, -0.1) is 0 Å². The Morgan fingerprint density at radius 3 is 2.35 bits per heavy atom. The standard InChI is InChI=1S/C25H26N4O2/c1-16(2)29-15-26-23-20(19-11-6-5-7-12-19)13-28(24(23)25(29)31)14-21(30)27-22-17(3)9-8-10-18(22)4/h5-13,15-16H,14H2,1-4H3,(H,27,30). The molecule has 0 saturated heterocycles. The van der Waals surface area contributed by atoms with Crippen LogP contribution in [0.4, 0.5) is 5.69 Å². The van der Waals surface area contributed by atoms with Crippen LogP contribution < -0.4 is 10.9 Å². The molecule has 0 unspecified atom stereocenters. The van der Waals surface area contributed by atoms with Gasteiger partial charge in [-0.2, -0.15) is 0 Å². The minimum absolute atomic E-state index is 0.0239. The van der Waals surface area contributed by atoms with Gasteiger partial charge in [0.15, 0.2) is 0 Å². The van der Waals surface area contributed by atoms with E-state index in [1.807, 2.05) is 82.4 Å². The van der Waals surface area contributed by atoms with Crippen molar-refractivity contribution in [2.75, 3.05) is 5.32 Å². The SMILES string of the molecule is Cc1cccc(C)c1NC(=O)Cn1cc(-c2ccccc2)c2ncn(C(C)C)c(=O)c21. The number of anilines is 1. The summed E-state index contributed by atoms with van der Waals surface area (Å²) < 4.78 is 3.31. The van der Waals surface area contributed by atoms with E-state index in [-0.39, 0.29) is 24.1 Å². The Labute approximate surface area is 181 Å². The molecule has 31 heavy (non-hydrogen) atoms. The van der Waals surface area contributed by atoms with Crippen molar-refractivity contribution in [2.24, 2.45) is 0 Å². The number of benzene rings is 2. The number of amides is 1. The minimum atomic E-state index is -0.187. The van der Waals surface area contributed by atoms with Crippen LogP contribution in [0, 0.1) is 13.8 Å². The van der Waals surface area contributed by atoms with Crippen molar-refractivity contribution >= 4 is 22.6 Å². The van der Waals surface area contributed by atoms with Crippen molar-refractivity contribution in [1.82, 2.24) is 14.1 Å². The molecule has 2 heterocycles. The summed E-state index contributed by atoms with van der Waals surface area (Å²) in [6.45, 7) is 7.83. The summed E-state index contributed by atoms with van der Waals surface area (Å²) in [7, 11) is 0. The molecule has 0 aliphatic rings. The van der Waals surface area contributed by atoms with Crippen molar-refractivity contribution < 1.29 is 4.79 Å². The van der Waals surface area contributed by atoms with Gasteiger partial charge in [-0.25, -0.2) is 4.98 Å². The van der Waals surface area contributed by atoms with Gasteiger partial charge in [0.1, 0.15) is 17.6 Å². The summed E-state index contributed by atoms with van der Waals surface area (Å²) >= 11 is 0. The average molecular weight is 415 g/mol. The molecule has 4 rings (SSSR count). The molecule has 0 aliphatic carbocycles. The highest BCUT2D eigenvalue weighted by molar-refractivity contribution is 5.96. The summed E-state index contributed by atoms with van der Waals surface area (Å²) in [4.78, 5) is 30.8. The lowest BCUT2D eigenvalue weighted by atomic mass is 10.1. The Balaban J connectivity index is 1.80. The zero-order chi connectivity index (χ0) is 22.1. The van der Waals surface area contributed by atoms with Gasteiger partial charge < -0.3 is 9.88 Å². The topological polar surface area (TPSA) is 68.9 Å². The average Bonchev–Trinajstić information content (AvgIpc) is 3.10. The molecule has 4 aromatic rings. The first-order chi connectivity index (χ1) is 14.9. The first-order valence-electron chi connectivity index (χ1n) is 10.4. The number of aryl methyl sites for hydroxylation is 2. The van der Waals surface area contributed by atoms with Crippen LogP contribution in [0.2, 0.25) is 0 Å². The van der Waals surface area contributed by atoms with Gasteiger partial charge in [0, 0.05) is 23.5 Å². The lowest BCUT2D eigenvalue weighted by Crippen LogP contribution is -2.26. The van der Waals surface area contributed by atoms with Crippen molar-refractivity contribution in [2.45, 2.75) is 40.3 Å². The van der Waals surface area contributed by atoms with Gasteiger partial charge in [0.25, 0.3) is 5.56 Å². The lowest BCUT2D eigenvalue weighted by molar-refractivity contribution is -0.116. The van der Waals surface area contributed by atoms with E-state index in [0.29, 0.717) is 11.0 Å². The first kappa shape index (κ1) is 20.6. The summed E-state index contributed by atoms with van der Waals surface area (Å²) in [5.74, 6) is -0.187. The Bertz CT molecular complexity index is 1300. The van der Waals surface area contributed by atoms with E-state index in [2.05, 4.69) is 10.3 Å². The summed E-state index contributed by atoms with van der Waals surface area (Å²) in [6.07, 6.45) is 3.44. The molecule has 0 bridgehead atoms. The third-order valence-electron chi connectivity index (χ3n) is 5.50. The van der Waals surface area contributed by atoms with E-state index in [1.54, 1.807) is 15.5 Å². The Morgan fingerprint density at radius 1 is 1.03 bits per heavy atom. The highest BCUT2D eigenvalue weighted by Crippen LogP contribution is 2.28. The summed E-state index contributed by atoms with van der Waals surface area (Å²) in [5, 5.41) is 3.01. The normalized spacial score (nSPS) is 11.3. The Hall–Kier alpha value is -3.67. The van der Waals surface area contributed by atoms with Crippen LogP contribution in [-0.2, 0) is 11.3 Å². The third kappa shape index (κ3) is 3.89. The number of rotatable bonds is 5. The molecule has 2 aromatic carbocycles. The van der Waals surface area contributed by atoms with Gasteiger partial charge >= 0.3 is 0 Å². The Morgan fingerprint density at radius 2 is 1.71 bits per heavy atom. The molecule has 1 N–H and O–H groups in total. The van der Waals surface area contributed by atoms with Crippen molar-refractivity contribution in [3.05, 3.63) is 82.5 Å². The molecule has 0 saturated carbocycles. The number of carbonyl (C=O) groups is 1. The maximum Gasteiger partial charge on any atom is 0.278 e. The molecular weight excluding hydrogens is 388 g/mol. The van der Waals surface area contributed by atoms with Crippen LogP contribution >= 0.6 is 0 Å². The monoisotopic (exact) mass is 414 g/mol. The molecule has 6 nitrogen and oxygen atoms in total. The van der Waals surface area contributed by atoms with Gasteiger partial charge in [0.05, 0.1) is 6.33 Å². The number of nitrogens with zero attached hydrogens (tertiary/aromatic N) is 3. The molecule has 0 radical (unpaired) electrons. The molecule has 1 amide bonds. The van der Waals surface area contributed by atoms with Gasteiger partial charge in [-0.05, 0) is 44.4 Å². The largest absolute Gasteiger partial charge is 0.332 e. The number of aromatic nitrogens is 3. The van der Waals surface area contributed by atoms with Crippen LogP contribution in [0.1, 0.15) is 31.0 Å². The number of nitrogens with one attached hydrogen (secondary N) is 1. The molecule has 2 aromatic heterocycles. The van der Waals surface area contributed by atoms with Crippen LogP contribution in [0.25, 0.3) is 22.2 Å².